The molecule has 0 spiro atoms. The molecule has 2 rings (SSSR count). The predicted octanol–water partition coefficient (Wildman–Crippen LogP) is 1.34. The van der Waals surface area contributed by atoms with Crippen LogP contribution in [-0.4, -0.2) is 18.6 Å². The number of hydrogen-bond acceptors (Lipinski definition) is 2. The first kappa shape index (κ1) is 8.57. The first-order valence-corrected chi connectivity index (χ1v) is 4.89. The van der Waals surface area contributed by atoms with Crippen molar-refractivity contribution in [3.63, 3.8) is 0 Å². The smallest absolute Gasteiger partial charge is 0.0458 e. The van der Waals surface area contributed by atoms with Crippen LogP contribution in [0.5, 0.6) is 0 Å². The minimum atomic E-state index is 0.467. The molecule has 0 bridgehead atoms. The molecule has 0 radical (unpaired) electrons. The Morgan fingerprint density at radius 1 is 1.38 bits per heavy atom. The molecule has 0 aromatic rings. The highest BCUT2D eigenvalue weighted by Crippen LogP contribution is 2.16. The quantitative estimate of drug-likeness (QED) is 0.589. The number of allylic oxidation sites excluding steroid dienone is 2. The van der Waals surface area contributed by atoms with E-state index >= 15 is 0 Å². The van der Waals surface area contributed by atoms with Gasteiger partial charge in [-0.05, 0) is 31.2 Å². The maximum atomic E-state index is 3.49. The lowest BCUT2D eigenvalue weighted by Crippen LogP contribution is -2.40. The first-order valence-electron chi connectivity index (χ1n) is 4.89. The van der Waals surface area contributed by atoms with Gasteiger partial charge in [-0.2, -0.15) is 0 Å². The molecule has 2 nitrogen and oxygen atoms in total. The molecule has 2 heterocycles. The maximum Gasteiger partial charge on any atom is 0.0458 e. The molecule has 0 saturated heterocycles. The summed E-state index contributed by atoms with van der Waals surface area (Å²) in [5.74, 6) is 0. The van der Waals surface area contributed by atoms with Crippen LogP contribution in [0.1, 0.15) is 13.3 Å². The molecule has 2 heteroatoms. The highest BCUT2D eigenvalue weighted by Gasteiger charge is 2.19. The molecule has 0 aromatic carbocycles. The van der Waals surface area contributed by atoms with Crippen LogP contribution in [0.2, 0.25) is 0 Å². The molecular formula is C11H16N2. The Hall–Kier alpha value is -1.02. The van der Waals surface area contributed by atoms with Crippen molar-refractivity contribution in [2.75, 3.05) is 6.54 Å². The summed E-state index contributed by atoms with van der Waals surface area (Å²) >= 11 is 0. The number of dihydropyridines is 1. The summed E-state index contributed by atoms with van der Waals surface area (Å²) in [6.45, 7) is 3.20. The predicted molar refractivity (Wildman–Crippen MR) is 55.4 cm³/mol. The van der Waals surface area contributed by atoms with Gasteiger partial charge < -0.3 is 10.6 Å². The van der Waals surface area contributed by atoms with Crippen LogP contribution in [0.4, 0.5) is 0 Å². The Labute approximate surface area is 79.4 Å². The van der Waals surface area contributed by atoms with Crippen molar-refractivity contribution in [1.29, 1.82) is 0 Å². The lowest BCUT2D eigenvalue weighted by atomic mass is 9.94. The van der Waals surface area contributed by atoms with Crippen molar-refractivity contribution in [2.45, 2.75) is 25.4 Å². The average molecular weight is 176 g/mol. The largest absolute Gasteiger partial charge is 0.385 e. The van der Waals surface area contributed by atoms with E-state index in [4.69, 9.17) is 0 Å². The minimum Gasteiger partial charge on any atom is -0.385 e. The molecule has 2 N–H and O–H groups in total. The Morgan fingerprint density at radius 3 is 3.00 bits per heavy atom. The molecule has 2 atom stereocenters. The highest BCUT2D eigenvalue weighted by atomic mass is 15.0. The Bertz CT molecular complexity index is 263. The molecule has 0 fully saturated rings. The second kappa shape index (κ2) is 3.79. The van der Waals surface area contributed by atoms with E-state index < -0.39 is 0 Å². The van der Waals surface area contributed by atoms with Gasteiger partial charge in [0.25, 0.3) is 0 Å². The van der Waals surface area contributed by atoms with Crippen molar-refractivity contribution >= 4 is 0 Å². The fraction of sp³-hybridized carbons (Fsp3) is 0.455. The second-order valence-electron chi connectivity index (χ2n) is 3.58. The zero-order valence-electron chi connectivity index (χ0n) is 7.96. The Kier molecular flexibility index (Phi) is 2.50. The van der Waals surface area contributed by atoms with Gasteiger partial charge in [0, 0.05) is 18.6 Å². The van der Waals surface area contributed by atoms with E-state index in [1.165, 1.54) is 5.57 Å². The van der Waals surface area contributed by atoms with Gasteiger partial charge >= 0.3 is 0 Å². The highest BCUT2D eigenvalue weighted by molar-refractivity contribution is 5.28. The summed E-state index contributed by atoms with van der Waals surface area (Å²) in [5, 5.41) is 6.81. The van der Waals surface area contributed by atoms with Crippen LogP contribution >= 0.6 is 0 Å². The zero-order chi connectivity index (χ0) is 9.10. The summed E-state index contributed by atoms with van der Waals surface area (Å²) in [7, 11) is 0. The van der Waals surface area contributed by atoms with E-state index in [0.29, 0.717) is 12.1 Å². The summed E-state index contributed by atoms with van der Waals surface area (Å²) < 4.78 is 0. The van der Waals surface area contributed by atoms with Crippen LogP contribution in [0.15, 0.2) is 36.1 Å². The van der Waals surface area contributed by atoms with E-state index in [-0.39, 0.29) is 0 Å². The third-order valence-corrected chi connectivity index (χ3v) is 2.65. The van der Waals surface area contributed by atoms with Gasteiger partial charge in [0.1, 0.15) is 0 Å². The average Bonchev–Trinajstić information content (AvgIpc) is 2.20. The third-order valence-electron chi connectivity index (χ3n) is 2.65. The summed E-state index contributed by atoms with van der Waals surface area (Å²) in [6, 6.07) is 0.992. The second-order valence-corrected chi connectivity index (χ2v) is 3.58. The monoisotopic (exact) mass is 176 g/mol. The number of nitrogens with one attached hydrogen (secondary N) is 2. The topological polar surface area (TPSA) is 24.1 Å². The van der Waals surface area contributed by atoms with E-state index in [1.807, 2.05) is 6.20 Å². The molecule has 0 saturated carbocycles. The minimum absolute atomic E-state index is 0.467. The van der Waals surface area contributed by atoms with Crippen molar-refractivity contribution in [3.05, 3.63) is 36.1 Å². The van der Waals surface area contributed by atoms with Crippen molar-refractivity contribution in [3.8, 4) is 0 Å². The summed E-state index contributed by atoms with van der Waals surface area (Å²) in [4.78, 5) is 0. The standard InChI is InChI=1S/C11H16N2/c1-9-10(5-4-8-12-9)11-6-2-3-7-13-11/h2-5,8-9,11-13H,6-7H2,1H3. The van der Waals surface area contributed by atoms with E-state index in [0.717, 1.165) is 13.0 Å². The SMILES string of the molecule is CC1NC=CC=C1C1CC=CCN1. The lowest BCUT2D eigenvalue weighted by molar-refractivity contribution is 0.537. The van der Waals surface area contributed by atoms with Crippen molar-refractivity contribution < 1.29 is 0 Å². The van der Waals surface area contributed by atoms with E-state index in [2.05, 4.69) is 41.9 Å². The normalized spacial score (nSPS) is 32.5. The molecule has 0 aromatic heterocycles. The third kappa shape index (κ3) is 1.83. The van der Waals surface area contributed by atoms with Gasteiger partial charge in [-0.3, -0.25) is 0 Å². The van der Waals surface area contributed by atoms with Crippen molar-refractivity contribution in [1.82, 2.24) is 10.6 Å². The van der Waals surface area contributed by atoms with Gasteiger partial charge in [0.15, 0.2) is 0 Å². The molecule has 0 aliphatic carbocycles. The van der Waals surface area contributed by atoms with E-state index in [9.17, 15) is 0 Å². The van der Waals surface area contributed by atoms with Gasteiger partial charge in [-0.25, -0.2) is 0 Å². The van der Waals surface area contributed by atoms with Crippen molar-refractivity contribution in [2.24, 2.45) is 0 Å². The number of rotatable bonds is 1. The summed E-state index contributed by atoms with van der Waals surface area (Å²) in [6.07, 6.45) is 11.9. The lowest BCUT2D eigenvalue weighted by Gasteiger charge is -2.28. The summed E-state index contributed by atoms with van der Waals surface area (Å²) in [5.41, 5.74) is 1.46. The van der Waals surface area contributed by atoms with Gasteiger partial charge in [0.05, 0.1) is 0 Å². The fourth-order valence-electron chi connectivity index (χ4n) is 1.88. The van der Waals surface area contributed by atoms with E-state index in [1.54, 1.807) is 0 Å². The zero-order valence-corrected chi connectivity index (χ0v) is 7.96. The maximum absolute atomic E-state index is 3.49. The van der Waals surface area contributed by atoms with Gasteiger partial charge in [-0.1, -0.05) is 18.2 Å². The molecule has 0 amide bonds. The molecule has 13 heavy (non-hydrogen) atoms. The van der Waals surface area contributed by atoms with Gasteiger partial charge in [-0.15, -0.1) is 0 Å². The Morgan fingerprint density at radius 2 is 2.31 bits per heavy atom. The number of hydrogen-bond donors (Lipinski definition) is 2. The van der Waals surface area contributed by atoms with Gasteiger partial charge in [0.2, 0.25) is 0 Å². The Balaban J connectivity index is 2.09. The van der Waals surface area contributed by atoms with Crippen LogP contribution in [-0.2, 0) is 0 Å². The molecule has 2 aliphatic heterocycles. The van der Waals surface area contributed by atoms with Crippen LogP contribution in [0, 0.1) is 0 Å². The molecule has 2 unspecified atom stereocenters. The molecule has 2 aliphatic rings. The van der Waals surface area contributed by atoms with Crippen LogP contribution in [0.25, 0.3) is 0 Å². The van der Waals surface area contributed by atoms with Crippen LogP contribution < -0.4 is 10.6 Å². The fourth-order valence-corrected chi connectivity index (χ4v) is 1.88. The molecule has 70 valence electrons. The molecular weight excluding hydrogens is 160 g/mol. The van der Waals surface area contributed by atoms with Crippen LogP contribution in [0.3, 0.4) is 0 Å². The first-order chi connectivity index (χ1) is 6.38.